The van der Waals surface area contributed by atoms with E-state index in [0.29, 0.717) is 18.1 Å². The summed E-state index contributed by atoms with van der Waals surface area (Å²) in [6.07, 6.45) is 0. The van der Waals surface area contributed by atoms with Crippen LogP contribution < -0.4 is 0 Å². The fourth-order valence-electron chi connectivity index (χ4n) is 2.09. The minimum atomic E-state index is 0.0928. The maximum Gasteiger partial charge on any atom is 0.239 e. The Bertz CT molecular complexity index is 685. The topological polar surface area (TPSA) is 45.6 Å². The van der Waals surface area contributed by atoms with Gasteiger partial charge in [-0.1, -0.05) is 48.2 Å². The molecule has 0 aliphatic carbocycles. The number of aryl methyl sites for hydroxylation is 1. The molecule has 1 aliphatic heterocycles. The highest BCUT2D eigenvalue weighted by Crippen LogP contribution is 2.24. The molecule has 0 N–H and O–H groups in total. The van der Waals surface area contributed by atoms with Crippen LogP contribution in [0.1, 0.15) is 11.3 Å². The van der Waals surface area contributed by atoms with Crippen molar-refractivity contribution in [1.29, 1.82) is 0 Å². The Hall–Kier alpha value is -2.14. The Labute approximate surface area is 127 Å². The number of benzene rings is 1. The van der Waals surface area contributed by atoms with Crippen molar-refractivity contribution in [2.45, 2.75) is 13.5 Å². The minimum absolute atomic E-state index is 0.0928. The zero-order chi connectivity index (χ0) is 14.7. The van der Waals surface area contributed by atoms with E-state index in [1.54, 1.807) is 4.90 Å². The molecule has 106 valence electrons. The molecule has 0 radical (unpaired) electrons. The van der Waals surface area contributed by atoms with E-state index in [2.05, 4.69) is 9.98 Å². The standard InChI is InChI=1S/C16H15N3OS/c1-12-6-5-9-14(17-12)18-16-19(15(20)11-21-16)10-13-7-3-2-4-8-13/h2-9H,10-11H2,1H3/b18-16-. The highest BCUT2D eigenvalue weighted by atomic mass is 32.2. The Morgan fingerprint density at radius 1 is 1.19 bits per heavy atom. The van der Waals surface area contributed by atoms with Crippen LogP contribution in [0.5, 0.6) is 0 Å². The van der Waals surface area contributed by atoms with Crippen LogP contribution in [0.2, 0.25) is 0 Å². The van der Waals surface area contributed by atoms with Crippen LogP contribution in [0.15, 0.2) is 53.5 Å². The molecule has 0 saturated carbocycles. The van der Waals surface area contributed by atoms with Crippen molar-refractivity contribution in [1.82, 2.24) is 9.88 Å². The molecular formula is C16H15N3OS. The van der Waals surface area contributed by atoms with Crippen LogP contribution in [0.4, 0.5) is 5.82 Å². The molecule has 0 unspecified atom stereocenters. The molecule has 5 heteroatoms. The third-order valence-corrected chi connectivity index (χ3v) is 4.09. The smallest absolute Gasteiger partial charge is 0.239 e. The van der Waals surface area contributed by atoms with Crippen LogP contribution >= 0.6 is 11.8 Å². The first-order valence-electron chi connectivity index (χ1n) is 6.72. The van der Waals surface area contributed by atoms with Crippen molar-refractivity contribution in [2.24, 2.45) is 4.99 Å². The molecule has 3 rings (SSSR count). The third kappa shape index (κ3) is 3.31. The van der Waals surface area contributed by atoms with E-state index in [1.807, 2.05) is 55.5 Å². The average Bonchev–Trinajstić information content (AvgIpc) is 2.81. The lowest BCUT2D eigenvalue weighted by atomic mass is 10.2. The number of aromatic nitrogens is 1. The van der Waals surface area contributed by atoms with E-state index in [0.717, 1.165) is 16.4 Å². The fraction of sp³-hybridized carbons (Fsp3) is 0.188. The van der Waals surface area contributed by atoms with Gasteiger partial charge in [0.1, 0.15) is 0 Å². The molecule has 0 bridgehead atoms. The van der Waals surface area contributed by atoms with Crippen molar-refractivity contribution in [2.75, 3.05) is 5.75 Å². The minimum Gasteiger partial charge on any atom is -0.286 e. The second kappa shape index (κ2) is 6.10. The van der Waals surface area contributed by atoms with Crippen LogP contribution in [-0.4, -0.2) is 26.7 Å². The molecule has 0 atom stereocenters. The van der Waals surface area contributed by atoms with Gasteiger partial charge in [0.15, 0.2) is 11.0 Å². The van der Waals surface area contributed by atoms with Crippen molar-refractivity contribution < 1.29 is 4.79 Å². The van der Waals surface area contributed by atoms with Gasteiger partial charge in [-0.05, 0) is 24.6 Å². The van der Waals surface area contributed by atoms with Crippen molar-refractivity contribution in [3.8, 4) is 0 Å². The van der Waals surface area contributed by atoms with E-state index < -0.39 is 0 Å². The predicted octanol–water partition coefficient (Wildman–Crippen LogP) is 3.15. The van der Waals surface area contributed by atoms with Gasteiger partial charge in [0.25, 0.3) is 0 Å². The molecule has 2 heterocycles. The lowest BCUT2D eigenvalue weighted by Gasteiger charge is -2.15. The van der Waals surface area contributed by atoms with E-state index in [4.69, 9.17) is 0 Å². The molecule has 1 aromatic heterocycles. The molecule has 1 saturated heterocycles. The van der Waals surface area contributed by atoms with Gasteiger partial charge in [0, 0.05) is 5.69 Å². The quantitative estimate of drug-likeness (QED) is 0.874. The Morgan fingerprint density at radius 2 is 2.00 bits per heavy atom. The number of carbonyl (C=O) groups is 1. The normalized spacial score (nSPS) is 16.7. The fourth-order valence-corrected chi connectivity index (χ4v) is 2.98. The van der Waals surface area contributed by atoms with Crippen molar-refractivity contribution in [3.05, 3.63) is 59.8 Å². The first-order valence-corrected chi connectivity index (χ1v) is 7.70. The Morgan fingerprint density at radius 3 is 2.76 bits per heavy atom. The number of thioether (sulfide) groups is 1. The van der Waals surface area contributed by atoms with Crippen LogP contribution in [-0.2, 0) is 11.3 Å². The molecule has 4 nitrogen and oxygen atoms in total. The van der Waals surface area contributed by atoms with Crippen LogP contribution in [0.25, 0.3) is 0 Å². The number of hydrogen-bond donors (Lipinski definition) is 0. The number of rotatable bonds is 3. The Kier molecular flexibility index (Phi) is 4.01. The van der Waals surface area contributed by atoms with Gasteiger partial charge >= 0.3 is 0 Å². The maximum absolute atomic E-state index is 12.1. The number of nitrogens with zero attached hydrogens (tertiary/aromatic N) is 3. The number of amidine groups is 1. The first-order chi connectivity index (χ1) is 10.2. The zero-order valence-electron chi connectivity index (χ0n) is 11.7. The summed E-state index contributed by atoms with van der Waals surface area (Å²) in [5.41, 5.74) is 2.01. The number of pyridine rings is 1. The van der Waals surface area contributed by atoms with Gasteiger partial charge in [0.2, 0.25) is 5.91 Å². The monoisotopic (exact) mass is 297 g/mol. The number of hydrogen-bond acceptors (Lipinski definition) is 4. The average molecular weight is 297 g/mol. The van der Waals surface area contributed by atoms with Gasteiger partial charge in [0.05, 0.1) is 12.3 Å². The summed E-state index contributed by atoms with van der Waals surface area (Å²) < 4.78 is 0. The van der Waals surface area contributed by atoms with E-state index in [9.17, 15) is 4.79 Å². The molecule has 1 amide bonds. The molecule has 21 heavy (non-hydrogen) atoms. The van der Waals surface area contributed by atoms with Gasteiger partial charge in [-0.3, -0.25) is 9.69 Å². The van der Waals surface area contributed by atoms with Crippen molar-refractivity contribution >= 4 is 28.7 Å². The second-order valence-corrected chi connectivity index (χ2v) is 5.73. The summed E-state index contributed by atoms with van der Waals surface area (Å²) in [4.78, 5) is 22.7. The number of carbonyl (C=O) groups excluding carboxylic acids is 1. The van der Waals surface area contributed by atoms with E-state index in [1.165, 1.54) is 11.8 Å². The summed E-state index contributed by atoms with van der Waals surface area (Å²) in [5.74, 6) is 1.18. The van der Waals surface area contributed by atoms with E-state index >= 15 is 0 Å². The SMILES string of the molecule is Cc1cccc(/N=C2\SCC(=O)N2Cc2ccccc2)n1. The third-order valence-electron chi connectivity index (χ3n) is 3.12. The summed E-state index contributed by atoms with van der Waals surface area (Å²) in [5, 5.41) is 0.724. The van der Waals surface area contributed by atoms with Gasteiger partial charge in [-0.2, -0.15) is 0 Å². The van der Waals surface area contributed by atoms with Gasteiger partial charge < -0.3 is 0 Å². The number of amides is 1. The summed E-state index contributed by atoms with van der Waals surface area (Å²) in [7, 11) is 0. The molecular weight excluding hydrogens is 282 g/mol. The highest BCUT2D eigenvalue weighted by Gasteiger charge is 2.28. The van der Waals surface area contributed by atoms with Crippen LogP contribution in [0.3, 0.4) is 0 Å². The second-order valence-electron chi connectivity index (χ2n) is 4.79. The lowest BCUT2D eigenvalue weighted by Crippen LogP contribution is -2.28. The highest BCUT2D eigenvalue weighted by molar-refractivity contribution is 8.15. The van der Waals surface area contributed by atoms with Gasteiger partial charge in [-0.15, -0.1) is 0 Å². The number of aliphatic imine (C=N–C) groups is 1. The molecule has 1 fully saturated rings. The largest absolute Gasteiger partial charge is 0.286 e. The predicted molar refractivity (Wildman–Crippen MR) is 85.5 cm³/mol. The van der Waals surface area contributed by atoms with Crippen LogP contribution in [0, 0.1) is 6.92 Å². The van der Waals surface area contributed by atoms with Gasteiger partial charge in [-0.25, -0.2) is 9.98 Å². The summed E-state index contributed by atoms with van der Waals surface area (Å²) in [6.45, 7) is 2.48. The van der Waals surface area contributed by atoms with Crippen molar-refractivity contribution in [3.63, 3.8) is 0 Å². The molecule has 0 spiro atoms. The maximum atomic E-state index is 12.1. The molecule has 1 aliphatic rings. The summed E-state index contributed by atoms with van der Waals surface area (Å²) >= 11 is 1.46. The zero-order valence-corrected chi connectivity index (χ0v) is 12.5. The van der Waals surface area contributed by atoms with E-state index in [-0.39, 0.29) is 5.91 Å². The Balaban J connectivity index is 1.85. The lowest BCUT2D eigenvalue weighted by molar-refractivity contribution is -0.124. The molecule has 1 aromatic carbocycles. The first kappa shape index (κ1) is 13.8. The molecule has 2 aromatic rings. The summed E-state index contributed by atoms with van der Waals surface area (Å²) in [6, 6.07) is 15.6.